The van der Waals surface area contributed by atoms with E-state index in [9.17, 15) is 9.90 Å². The molecule has 3 atom stereocenters. The van der Waals surface area contributed by atoms with Crippen molar-refractivity contribution in [1.29, 1.82) is 0 Å². The zero-order chi connectivity index (χ0) is 24.5. The van der Waals surface area contributed by atoms with Crippen molar-refractivity contribution >= 4 is 33.7 Å². The van der Waals surface area contributed by atoms with Gasteiger partial charge in [-0.3, -0.25) is 9.20 Å². The number of nitrogens with zero attached hydrogens (tertiary/aromatic N) is 5. The van der Waals surface area contributed by atoms with E-state index in [1.54, 1.807) is 17.5 Å². The Morgan fingerprint density at radius 2 is 2.17 bits per heavy atom. The van der Waals surface area contributed by atoms with E-state index in [-0.39, 0.29) is 17.9 Å². The molecule has 0 spiro atoms. The summed E-state index contributed by atoms with van der Waals surface area (Å²) in [4.78, 5) is 29.7. The fourth-order valence-electron chi connectivity index (χ4n) is 5.00. The van der Waals surface area contributed by atoms with Crippen molar-refractivity contribution in [3.63, 3.8) is 0 Å². The molecule has 35 heavy (non-hydrogen) atoms. The molecule has 1 amide bonds. The summed E-state index contributed by atoms with van der Waals surface area (Å²) in [5.41, 5.74) is 3.68. The van der Waals surface area contributed by atoms with Crippen molar-refractivity contribution in [3.05, 3.63) is 35.6 Å². The third-order valence-corrected chi connectivity index (χ3v) is 7.74. The van der Waals surface area contributed by atoms with Crippen LogP contribution in [0.5, 0.6) is 0 Å². The maximum absolute atomic E-state index is 12.6. The molecule has 1 aliphatic heterocycles. The van der Waals surface area contributed by atoms with Crippen LogP contribution in [0.2, 0.25) is 0 Å². The Morgan fingerprint density at radius 1 is 1.31 bits per heavy atom. The lowest BCUT2D eigenvalue weighted by Crippen LogP contribution is -2.45. The summed E-state index contributed by atoms with van der Waals surface area (Å²) in [6.07, 6.45) is 9.64. The second-order valence-corrected chi connectivity index (χ2v) is 11.1. The monoisotopic (exact) mass is 494 g/mol. The van der Waals surface area contributed by atoms with Gasteiger partial charge in [-0.1, -0.05) is 26.8 Å². The maximum atomic E-state index is 12.6. The van der Waals surface area contributed by atoms with Crippen LogP contribution in [0.25, 0.3) is 21.9 Å². The molecule has 2 aliphatic rings. The average molecular weight is 495 g/mol. The maximum Gasteiger partial charge on any atom is 0.223 e. The number of likely N-dealkylation sites (tertiary alicyclic amines) is 1. The average Bonchev–Trinajstić information content (AvgIpc) is 3.42. The summed E-state index contributed by atoms with van der Waals surface area (Å²) in [5, 5.41) is 16.0. The number of allylic oxidation sites excluding steroid dienone is 1. The topological polar surface area (TPSA) is 95.7 Å². The molecule has 3 aromatic rings. The summed E-state index contributed by atoms with van der Waals surface area (Å²) < 4.78 is 2.07. The van der Waals surface area contributed by atoms with Gasteiger partial charge in [-0.25, -0.2) is 15.0 Å². The third-order valence-electron chi connectivity index (χ3n) is 6.98. The fourth-order valence-corrected chi connectivity index (χ4v) is 5.72. The van der Waals surface area contributed by atoms with Crippen molar-refractivity contribution < 1.29 is 9.90 Å². The molecule has 1 fully saturated rings. The van der Waals surface area contributed by atoms with Crippen molar-refractivity contribution in [2.45, 2.75) is 65.0 Å². The molecule has 1 unspecified atom stereocenters. The fraction of sp³-hybridized carbons (Fsp3) is 0.538. The number of thiazole rings is 1. The number of hydrogen-bond acceptors (Lipinski definition) is 7. The predicted octanol–water partition coefficient (Wildman–Crippen LogP) is 4.48. The Hall–Kier alpha value is -2.78. The SMILES string of the molecule is CC(C)CC(=O)N1CCC[C@@H](Nc2nccc(-c3c(C4=CC(O)[C@@H](C)CC4)nc4sccn34)n2)C1. The number of hydrogen-bond donors (Lipinski definition) is 2. The number of imidazole rings is 1. The van der Waals surface area contributed by atoms with Gasteiger partial charge in [-0.05, 0) is 49.2 Å². The highest BCUT2D eigenvalue weighted by Crippen LogP contribution is 2.36. The van der Waals surface area contributed by atoms with E-state index in [0.717, 1.165) is 59.8 Å². The Labute approximate surface area is 210 Å². The van der Waals surface area contributed by atoms with Crippen LogP contribution in [-0.4, -0.2) is 60.5 Å². The first-order valence-electron chi connectivity index (χ1n) is 12.6. The zero-order valence-electron chi connectivity index (χ0n) is 20.6. The number of amides is 1. The molecular weight excluding hydrogens is 460 g/mol. The molecular formula is C26H34N6O2S. The van der Waals surface area contributed by atoms with Gasteiger partial charge in [0.25, 0.3) is 0 Å². The first-order chi connectivity index (χ1) is 16.9. The molecule has 0 aromatic carbocycles. The van der Waals surface area contributed by atoms with E-state index >= 15 is 0 Å². The standard InChI is InChI=1S/C26H34N6O2S/c1-16(2)13-22(34)31-10-4-5-19(15-31)28-25-27-9-8-20(29-25)24-23(30-26-32(24)11-12-35-26)18-7-6-17(3)21(33)14-18/h8-9,11-12,14,16-17,19,21,33H,4-7,10,13,15H2,1-3H3,(H,27,28,29)/t17-,19+,21?/m0/s1. The quantitative estimate of drug-likeness (QED) is 0.525. The van der Waals surface area contributed by atoms with Crippen molar-refractivity contribution in [1.82, 2.24) is 24.3 Å². The largest absolute Gasteiger partial charge is 0.389 e. The number of carbonyl (C=O) groups excluding carboxylic acids is 1. The number of piperidine rings is 1. The van der Waals surface area contributed by atoms with Gasteiger partial charge in [-0.2, -0.15) is 0 Å². The van der Waals surface area contributed by atoms with Crippen LogP contribution in [0.4, 0.5) is 5.95 Å². The summed E-state index contributed by atoms with van der Waals surface area (Å²) in [6, 6.07) is 2.04. The lowest BCUT2D eigenvalue weighted by Gasteiger charge is -2.33. The second-order valence-electron chi connectivity index (χ2n) is 10.2. The number of fused-ring (bicyclic) bond motifs is 1. The second kappa shape index (κ2) is 10.1. The Morgan fingerprint density at radius 3 is 2.97 bits per heavy atom. The minimum absolute atomic E-state index is 0.124. The molecule has 0 saturated carbocycles. The van der Waals surface area contributed by atoms with E-state index in [1.165, 1.54) is 0 Å². The lowest BCUT2D eigenvalue weighted by molar-refractivity contribution is -0.133. The van der Waals surface area contributed by atoms with Crippen LogP contribution in [0, 0.1) is 11.8 Å². The number of rotatable bonds is 6. The first-order valence-corrected chi connectivity index (χ1v) is 13.5. The summed E-state index contributed by atoms with van der Waals surface area (Å²) in [6.45, 7) is 7.73. The summed E-state index contributed by atoms with van der Waals surface area (Å²) in [7, 11) is 0. The van der Waals surface area contributed by atoms with Gasteiger partial charge in [0.05, 0.1) is 23.2 Å². The smallest absolute Gasteiger partial charge is 0.223 e. The Bertz CT molecular complexity index is 1230. The molecule has 1 aliphatic carbocycles. The van der Waals surface area contributed by atoms with Gasteiger partial charge in [0.15, 0.2) is 4.96 Å². The molecule has 4 heterocycles. The molecule has 5 rings (SSSR count). The van der Waals surface area contributed by atoms with E-state index < -0.39 is 6.10 Å². The third kappa shape index (κ3) is 5.11. The van der Waals surface area contributed by atoms with Gasteiger partial charge in [0, 0.05) is 43.3 Å². The van der Waals surface area contributed by atoms with E-state index in [1.807, 2.05) is 28.6 Å². The number of aromatic nitrogens is 4. The number of aliphatic hydroxyl groups excluding tert-OH is 1. The molecule has 186 valence electrons. The first kappa shape index (κ1) is 23.9. The van der Waals surface area contributed by atoms with Crippen LogP contribution < -0.4 is 5.32 Å². The number of aliphatic hydroxyl groups is 1. The van der Waals surface area contributed by atoms with Gasteiger partial charge in [0.1, 0.15) is 0 Å². The number of anilines is 1. The highest BCUT2D eigenvalue weighted by molar-refractivity contribution is 7.15. The highest BCUT2D eigenvalue weighted by atomic mass is 32.1. The number of nitrogens with one attached hydrogen (secondary N) is 1. The van der Waals surface area contributed by atoms with Crippen LogP contribution in [0.1, 0.15) is 58.6 Å². The van der Waals surface area contributed by atoms with Crippen molar-refractivity contribution in [2.75, 3.05) is 18.4 Å². The molecule has 3 aromatic heterocycles. The molecule has 0 radical (unpaired) electrons. The minimum atomic E-state index is -0.457. The number of carbonyl (C=O) groups is 1. The van der Waals surface area contributed by atoms with Gasteiger partial charge >= 0.3 is 0 Å². The van der Waals surface area contributed by atoms with E-state index in [4.69, 9.17) is 9.97 Å². The Kier molecular flexibility index (Phi) is 6.88. The van der Waals surface area contributed by atoms with Crippen LogP contribution >= 0.6 is 11.3 Å². The highest BCUT2D eigenvalue weighted by Gasteiger charge is 2.27. The van der Waals surface area contributed by atoms with Gasteiger partial charge < -0.3 is 15.3 Å². The Balaban J connectivity index is 1.41. The molecule has 8 nitrogen and oxygen atoms in total. The summed E-state index contributed by atoms with van der Waals surface area (Å²) in [5.74, 6) is 1.40. The molecule has 1 saturated heterocycles. The molecule has 9 heteroatoms. The van der Waals surface area contributed by atoms with Crippen LogP contribution in [-0.2, 0) is 4.79 Å². The van der Waals surface area contributed by atoms with Crippen molar-refractivity contribution in [2.24, 2.45) is 11.8 Å². The lowest BCUT2D eigenvalue weighted by atomic mass is 9.87. The molecule has 0 bridgehead atoms. The van der Waals surface area contributed by atoms with Gasteiger partial charge in [0.2, 0.25) is 11.9 Å². The zero-order valence-corrected chi connectivity index (χ0v) is 21.5. The van der Waals surface area contributed by atoms with Gasteiger partial charge in [-0.15, -0.1) is 11.3 Å². The van der Waals surface area contributed by atoms with E-state index in [2.05, 4.69) is 35.5 Å². The predicted molar refractivity (Wildman–Crippen MR) is 139 cm³/mol. The van der Waals surface area contributed by atoms with Crippen LogP contribution in [0.3, 0.4) is 0 Å². The van der Waals surface area contributed by atoms with Crippen LogP contribution in [0.15, 0.2) is 29.9 Å². The molecule has 2 N–H and O–H groups in total. The normalized spacial score (nSPS) is 23.1. The van der Waals surface area contributed by atoms with Crippen molar-refractivity contribution in [3.8, 4) is 11.4 Å². The van der Waals surface area contributed by atoms with E-state index in [0.29, 0.717) is 24.8 Å². The summed E-state index contributed by atoms with van der Waals surface area (Å²) >= 11 is 1.59. The minimum Gasteiger partial charge on any atom is -0.389 e.